The molecule has 0 bridgehead atoms. The molecule has 5 nitrogen and oxygen atoms in total. The van der Waals surface area contributed by atoms with E-state index in [2.05, 4.69) is 0 Å². The lowest BCUT2D eigenvalue weighted by Crippen LogP contribution is -2.27. The first-order chi connectivity index (χ1) is 10.2. The average molecular weight is 289 g/mol. The molecule has 0 aromatic heterocycles. The van der Waals surface area contributed by atoms with Gasteiger partial charge in [-0.15, -0.1) is 0 Å². The highest BCUT2D eigenvalue weighted by molar-refractivity contribution is 5.99. The van der Waals surface area contributed by atoms with Crippen molar-refractivity contribution in [3.05, 3.63) is 42.0 Å². The zero-order valence-electron chi connectivity index (χ0n) is 12.0. The molecule has 0 aliphatic carbocycles. The Balaban J connectivity index is 2.35. The van der Waals surface area contributed by atoms with Crippen LogP contribution in [0.25, 0.3) is 10.8 Å². The van der Waals surface area contributed by atoms with Gasteiger partial charge < -0.3 is 24.1 Å². The van der Waals surface area contributed by atoms with E-state index in [0.29, 0.717) is 12.4 Å². The number of carbonyl (C=O) groups excluding carboxylic acids is 1. The Kier molecular flexibility index (Phi) is 5.14. The van der Waals surface area contributed by atoms with Crippen LogP contribution in [-0.4, -0.2) is 39.5 Å². The molecule has 0 aliphatic heterocycles. The number of methoxy groups -OCH3 is 2. The summed E-state index contributed by atoms with van der Waals surface area (Å²) in [4.78, 5) is 11.3. The van der Waals surface area contributed by atoms with Crippen molar-refractivity contribution >= 4 is 16.7 Å². The summed E-state index contributed by atoms with van der Waals surface area (Å²) in [6, 6.07) is 10.6. The topological polar surface area (TPSA) is 67.8 Å². The van der Waals surface area contributed by atoms with Crippen LogP contribution < -0.4 is 9.84 Å². The van der Waals surface area contributed by atoms with Gasteiger partial charge in [0.1, 0.15) is 18.5 Å². The number of aromatic carboxylic acids is 1. The van der Waals surface area contributed by atoms with Gasteiger partial charge >= 0.3 is 0 Å². The van der Waals surface area contributed by atoms with E-state index >= 15 is 0 Å². The van der Waals surface area contributed by atoms with E-state index in [1.165, 1.54) is 6.07 Å². The molecule has 1 atom stereocenters. The summed E-state index contributed by atoms with van der Waals surface area (Å²) in [6.07, 6.45) is -0.274. The quantitative estimate of drug-likeness (QED) is 0.767. The third-order valence-corrected chi connectivity index (χ3v) is 3.20. The molecule has 0 N–H and O–H groups in total. The smallest absolute Gasteiger partial charge is 0.136 e. The maximum Gasteiger partial charge on any atom is 0.136 e. The number of ether oxygens (including phenoxy) is 3. The van der Waals surface area contributed by atoms with Gasteiger partial charge in [0.15, 0.2) is 0 Å². The van der Waals surface area contributed by atoms with Crippen LogP contribution in [0, 0.1) is 0 Å². The van der Waals surface area contributed by atoms with Crippen molar-refractivity contribution in [2.45, 2.75) is 6.10 Å². The van der Waals surface area contributed by atoms with Crippen molar-refractivity contribution in [2.24, 2.45) is 0 Å². The second-order valence-electron chi connectivity index (χ2n) is 4.57. The van der Waals surface area contributed by atoms with Crippen LogP contribution in [-0.2, 0) is 9.47 Å². The van der Waals surface area contributed by atoms with Crippen LogP contribution in [0.1, 0.15) is 10.4 Å². The van der Waals surface area contributed by atoms with Crippen LogP contribution in [0.15, 0.2) is 36.4 Å². The number of hydrogen-bond acceptors (Lipinski definition) is 5. The number of carboxylic acids is 1. The SMILES string of the molecule is COCC(COc1c(C(=O)[O-])ccc2ccccc12)OC. The highest BCUT2D eigenvalue weighted by Crippen LogP contribution is 2.29. The number of hydrogen-bond donors (Lipinski definition) is 0. The fourth-order valence-corrected chi connectivity index (χ4v) is 2.11. The Morgan fingerprint density at radius 1 is 1.14 bits per heavy atom. The van der Waals surface area contributed by atoms with Crippen LogP contribution >= 0.6 is 0 Å². The van der Waals surface area contributed by atoms with Gasteiger partial charge in [-0.05, 0) is 11.5 Å². The van der Waals surface area contributed by atoms with Crippen molar-refractivity contribution in [1.82, 2.24) is 0 Å². The largest absolute Gasteiger partial charge is 0.545 e. The molecular weight excluding hydrogens is 272 g/mol. The molecule has 0 heterocycles. The van der Waals surface area contributed by atoms with Gasteiger partial charge in [0.05, 0.1) is 12.6 Å². The molecule has 21 heavy (non-hydrogen) atoms. The summed E-state index contributed by atoms with van der Waals surface area (Å²) >= 11 is 0. The summed E-state index contributed by atoms with van der Waals surface area (Å²) in [5.74, 6) is -0.970. The Bertz CT molecular complexity index is 623. The maximum atomic E-state index is 11.3. The molecule has 2 aromatic carbocycles. The third kappa shape index (κ3) is 3.51. The second kappa shape index (κ2) is 7.06. The minimum Gasteiger partial charge on any atom is -0.545 e. The monoisotopic (exact) mass is 289 g/mol. The molecule has 0 fully saturated rings. The fraction of sp³-hybridized carbons (Fsp3) is 0.312. The summed E-state index contributed by atoms with van der Waals surface area (Å²) in [5.41, 5.74) is 0.0287. The molecule has 0 aliphatic rings. The Morgan fingerprint density at radius 3 is 2.57 bits per heavy atom. The molecule has 1 unspecified atom stereocenters. The van der Waals surface area contributed by atoms with Crippen LogP contribution in [0.3, 0.4) is 0 Å². The second-order valence-corrected chi connectivity index (χ2v) is 4.57. The van der Waals surface area contributed by atoms with E-state index in [4.69, 9.17) is 14.2 Å². The molecule has 0 amide bonds. The molecule has 2 aromatic rings. The van der Waals surface area contributed by atoms with Gasteiger partial charge in [0, 0.05) is 25.2 Å². The highest BCUT2D eigenvalue weighted by Gasteiger charge is 2.13. The van der Waals surface area contributed by atoms with Gasteiger partial charge in [-0.2, -0.15) is 0 Å². The minimum atomic E-state index is -1.27. The van der Waals surface area contributed by atoms with Crippen LogP contribution in [0.2, 0.25) is 0 Å². The predicted molar refractivity (Wildman–Crippen MR) is 76.4 cm³/mol. The lowest BCUT2D eigenvalue weighted by atomic mass is 10.1. The first kappa shape index (κ1) is 15.3. The summed E-state index contributed by atoms with van der Waals surface area (Å²) in [5, 5.41) is 12.9. The Labute approximate surface area is 123 Å². The number of rotatable bonds is 7. The van der Waals surface area contributed by atoms with E-state index in [1.807, 2.05) is 24.3 Å². The molecule has 0 saturated heterocycles. The lowest BCUT2D eigenvalue weighted by Gasteiger charge is -2.19. The van der Waals surface area contributed by atoms with Crippen molar-refractivity contribution in [2.75, 3.05) is 27.4 Å². The van der Waals surface area contributed by atoms with E-state index in [0.717, 1.165) is 10.8 Å². The number of fused-ring (bicyclic) bond motifs is 1. The summed E-state index contributed by atoms with van der Waals surface area (Å²) in [6.45, 7) is 0.556. The molecule has 0 saturated carbocycles. The van der Waals surface area contributed by atoms with E-state index in [9.17, 15) is 9.90 Å². The summed E-state index contributed by atoms with van der Waals surface area (Å²) in [7, 11) is 3.12. The molecule has 0 radical (unpaired) electrons. The van der Waals surface area contributed by atoms with E-state index < -0.39 is 5.97 Å². The van der Waals surface area contributed by atoms with Crippen LogP contribution in [0.5, 0.6) is 5.75 Å². The van der Waals surface area contributed by atoms with Gasteiger partial charge in [-0.25, -0.2) is 0 Å². The minimum absolute atomic E-state index is 0.0287. The van der Waals surface area contributed by atoms with Crippen LogP contribution in [0.4, 0.5) is 0 Å². The first-order valence-corrected chi connectivity index (χ1v) is 6.55. The predicted octanol–water partition coefficient (Wildman–Crippen LogP) is 1.24. The van der Waals surface area contributed by atoms with E-state index in [1.54, 1.807) is 20.3 Å². The Hall–Kier alpha value is -2.11. The number of benzene rings is 2. The van der Waals surface area contributed by atoms with Crippen molar-refractivity contribution < 1.29 is 24.1 Å². The summed E-state index contributed by atoms with van der Waals surface area (Å²) < 4.78 is 15.9. The van der Waals surface area contributed by atoms with Crippen molar-refractivity contribution in [1.29, 1.82) is 0 Å². The molecule has 0 spiro atoms. The first-order valence-electron chi connectivity index (χ1n) is 6.55. The molecule has 5 heteroatoms. The maximum absolute atomic E-state index is 11.3. The standard InChI is InChI=1S/C16H18O5/c1-19-9-12(20-2)10-21-15-13-6-4-3-5-11(13)7-8-14(15)16(17)18/h3-8,12H,9-10H2,1-2H3,(H,17,18)/p-1. The average Bonchev–Trinajstić information content (AvgIpc) is 2.50. The molecular formula is C16H17O5-. The van der Waals surface area contributed by atoms with E-state index in [-0.39, 0.29) is 18.3 Å². The van der Waals surface area contributed by atoms with Gasteiger partial charge in [-0.3, -0.25) is 0 Å². The van der Waals surface area contributed by atoms with Gasteiger partial charge in [0.2, 0.25) is 0 Å². The normalized spacial score (nSPS) is 12.3. The third-order valence-electron chi connectivity index (χ3n) is 3.20. The zero-order chi connectivity index (χ0) is 15.2. The fourth-order valence-electron chi connectivity index (χ4n) is 2.11. The van der Waals surface area contributed by atoms with Crippen molar-refractivity contribution in [3.63, 3.8) is 0 Å². The molecule has 2 rings (SSSR count). The highest BCUT2D eigenvalue weighted by atomic mass is 16.5. The number of carbonyl (C=O) groups is 1. The zero-order valence-corrected chi connectivity index (χ0v) is 12.0. The lowest BCUT2D eigenvalue weighted by molar-refractivity contribution is -0.255. The van der Waals surface area contributed by atoms with Crippen molar-refractivity contribution in [3.8, 4) is 5.75 Å². The Morgan fingerprint density at radius 2 is 1.90 bits per heavy atom. The van der Waals surface area contributed by atoms with Gasteiger partial charge in [-0.1, -0.05) is 30.3 Å². The van der Waals surface area contributed by atoms with Gasteiger partial charge in [0.25, 0.3) is 0 Å². The number of carboxylic acid groups (broad SMARTS) is 1. The molecule has 112 valence electrons.